The van der Waals surface area contributed by atoms with Gasteiger partial charge in [0.05, 0.1) is 5.71 Å². The van der Waals surface area contributed by atoms with Gasteiger partial charge >= 0.3 is 0 Å². The van der Waals surface area contributed by atoms with E-state index in [9.17, 15) is 0 Å². The van der Waals surface area contributed by atoms with Crippen LogP contribution in [-0.2, 0) is 17.9 Å². The van der Waals surface area contributed by atoms with Crippen molar-refractivity contribution in [3.8, 4) is 0 Å². The zero-order chi connectivity index (χ0) is 17.8. The van der Waals surface area contributed by atoms with Gasteiger partial charge in [0.2, 0.25) is 0 Å². The topological polar surface area (TPSA) is 21.6 Å². The van der Waals surface area contributed by atoms with Crippen LogP contribution in [0.15, 0.2) is 78.0 Å². The highest BCUT2D eigenvalue weighted by atomic mass is 16.6. The molecule has 3 atom stereocenters. The molecule has 2 aromatic carbocycles. The summed E-state index contributed by atoms with van der Waals surface area (Å²) in [4.78, 5) is 5.78. The molecular formula is C24H27NO. The Bertz CT molecular complexity index is 765. The maximum atomic E-state index is 5.78. The number of benzene rings is 2. The lowest BCUT2D eigenvalue weighted by molar-refractivity contribution is 0.122. The molecule has 0 heterocycles. The van der Waals surface area contributed by atoms with Crippen molar-refractivity contribution in [2.24, 2.45) is 22.9 Å². The van der Waals surface area contributed by atoms with Crippen LogP contribution in [0, 0.1) is 17.8 Å². The van der Waals surface area contributed by atoms with Crippen molar-refractivity contribution < 1.29 is 4.84 Å². The van der Waals surface area contributed by atoms with Crippen molar-refractivity contribution in [1.82, 2.24) is 0 Å². The highest BCUT2D eigenvalue weighted by Gasteiger charge is 2.39. The third-order valence-corrected chi connectivity index (χ3v) is 5.81. The fourth-order valence-corrected chi connectivity index (χ4v) is 4.66. The summed E-state index contributed by atoms with van der Waals surface area (Å²) in [5.41, 5.74) is 5.25. The molecule has 134 valence electrons. The van der Waals surface area contributed by atoms with Gasteiger partial charge in [0.25, 0.3) is 0 Å². The molecule has 2 bridgehead atoms. The molecule has 2 nitrogen and oxygen atoms in total. The fraction of sp³-hybridized carbons (Fsp3) is 0.375. The summed E-state index contributed by atoms with van der Waals surface area (Å²) in [6, 6.07) is 21.1. The molecule has 0 saturated heterocycles. The van der Waals surface area contributed by atoms with Gasteiger partial charge in [-0.2, -0.15) is 0 Å². The first kappa shape index (κ1) is 17.1. The van der Waals surface area contributed by atoms with Crippen LogP contribution in [0.4, 0.5) is 0 Å². The lowest BCUT2D eigenvalue weighted by Gasteiger charge is -2.41. The Morgan fingerprint density at radius 3 is 2.31 bits per heavy atom. The number of nitrogens with zero attached hydrogens (tertiary/aromatic N) is 1. The van der Waals surface area contributed by atoms with Gasteiger partial charge in [-0.25, -0.2) is 0 Å². The van der Waals surface area contributed by atoms with Crippen molar-refractivity contribution in [3.05, 3.63) is 83.9 Å². The number of hydrogen-bond acceptors (Lipinski definition) is 2. The maximum Gasteiger partial charge on any atom is 0.142 e. The summed E-state index contributed by atoms with van der Waals surface area (Å²) in [6.07, 6.45) is 5.73. The molecule has 2 heteroatoms. The van der Waals surface area contributed by atoms with Crippen molar-refractivity contribution in [2.45, 2.75) is 38.7 Å². The van der Waals surface area contributed by atoms with Gasteiger partial charge in [0.1, 0.15) is 6.61 Å². The Morgan fingerprint density at radius 1 is 0.885 bits per heavy atom. The predicted molar refractivity (Wildman–Crippen MR) is 107 cm³/mol. The Hall–Kier alpha value is -2.35. The number of rotatable bonds is 5. The van der Waals surface area contributed by atoms with Gasteiger partial charge in [-0.3, -0.25) is 0 Å². The van der Waals surface area contributed by atoms with Crippen molar-refractivity contribution >= 4 is 5.71 Å². The van der Waals surface area contributed by atoms with Gasteiger partial charge in [-0.05, 0) is 55.1 Å². The lowest BCUT2D eigenvalue weighted by Crippen LogP contribution is -2.38. The number of allylic oxidation sites excluding steroid dienone is 1. The second-order valence-corrected chi connectivity index (χ2v) is 7.86. The van der Waals surface area contributed by atoms with Crippen molar-refractivity contribution in [1.29, 1.82) is 0 Å². The number of hydrogen-bond donors (Lipinski definition) is 0. The van der Waals surface area contributed by atoms with Gasteiger partial charge in [0.15, 0.2) is 0 Å². The number of fused-ring (bicyclic) bond motifs is 2. The molecule has 0 aliphatic heterocycles. The van der Waals surface area contributed by atoms with Gasteiger partial charge in [0, 0.05) is 5.92 Å². The Kier molecular flexibility index (Phi) is 5.19. The molecular weight excluding hydrogens is 318 g/mol. The van der Waals surface area contributed by atoms with E-state index in [1.165, 1.54) is 28.8 Å². The molecule has 2 aromatic rings. The molecule has 2 fully saturated rings. The average molecular weight is 345 g/mol. The van der Waals surface area contributed by atoms with E-state index in [1.807, 2.05) is 18.2 Å². The molecule has 0 aromatic heterocycles. The third-order valence-electron chi connectivity index (χ3n) is 5.81. The molecule has 0 spiro atoms. The predicted octanol–water partition coefficient (Wildman–Crippen LogP) is 5.79. The first-order chi connectivity index (χ1) is 12.8. The van der Waals surface area contributed by atoms with Crippen LogP contribution in [-0.4, -0.2) is 5.71 Å². The SMILES string of the molecule is C=C1CC2C[C@H](C1)C/C(=N/OCc1ccccc1)[C@H]2Cc1ccccc1. The van der Waals surface area contributed by atoms with Crippen LogP contribution in [0.5, 0.6) is 0 Å². The van der Waals surface area contributed by atoms with E-state index in [1.54, 1.807) is 0 Å². The summed E-state index contributed by atoms with van der Waals surface area (Å²) in [5.74, 6) is 1.84. The molecule has 4 rings (SSSR count). The molecule has 0 N–H and O–H groups in total. The van der Waals surface area contributed by atoms with Crippen molar-refractivity contribution in [3.63, 3.8) is 0 Å². The molecule has 26 heavy (non-hydrogen) atoms. The first-order valence-electron chi connectivity index (χ1n) is 9.71. The van der Waals surface area contributed by atoms with Crippen LogP contribution in [0.3, 0.4) is 0 Å². The quantitative estimate of drug-likeness (QED) is 0.496. The lowest BCUT2D eigenvalue weighted by atomic mass is 9.63. The largest absolute Gasteiger partial charge is 0.391 e. The normalized spacial score (nSPS) is 26.7. The Morgan fingerprint density at radius 2 is 1.58 bits per heavy atom. The molecule has 2 aliphatic rings. The maximum absolute atomic E-state index is 5.78. The van der Waals surface area contributed by atoms with Crippen LogP contribution in [0.1, 0.15) is 36.8 Å². The zero-order valence-corrected chi connectivity index (χ0v) is 15.3. The van der Waals surface area contributed by atoms with E-state index in [2.05, 4.69) is 54.2 Å². The minimum Gasteiger partial charge on any atom is -0.391 e. The highest BCUT2D eigenvalue weighted by molar-refractivity contribution is 5.88. The van der Waals surface area contributed by atoms with E-state index in [0.29, 0.717) is 24.4 Å². The van der Waals surface area contributed by atoms with E-state index in [-0.39, 0.29) is 0 Å². The summed E-state index contributed by atoms with van der Waals surface area (Å²) >= 11 is 0. The van der Waals surface area contributed by atoms with E-state index in [4.69, 9.17) is 4.84 Å². The van der Waals surface area contributed by atoms with E-state index >= 15 is 0 Å². The Balaban J connectivity index is 1.51. The third kappa shape index (κ3) is 4.07. The fourth-order valence-electron chi connectivity index (χ4n) is 4.66. The van der Waals surface area contributed by atoms with Crippen molar-refractivity contribution in [2.75, 3.05) is 0 Å². The van der Waals surface area contributed by atoms with E-state index in [0.717, 1.165) is 25.7 Å². The summed E-state index contributed by atoms with van der Waals surface area (Å²) in [5, 5.41) is 4.65. The van der Waals surface area contributed by atoms with Crippen LogP contribution in [0.25, 0.3) is 0 Å². The number of oxime groups is 1. The van der Waals surface area contributed by atoms with Gasteiger partial charge in [-0.1, -0.05) is 78.0 Å². The minimum atomic E-state index is 0.474. The summed E-state index contributed by atoms with van der Waals surface area (Å²) < 4.78 is 0. The van der Waals surface area contributed by atoms with Crippen LogP contribution in [0.2, 0.25) is 0 Å². The monoisotopic (exact) mass is 345 g/mol. The standard InChI is InChI=1S/C24H27NO/c1-18-12-21-14-22(13-18)23(15-19-8-4-2-5-9-19)24(16-21)25-26-17-20-10-6-3-7-11-20/h2-11,21-23H,1,12-17H2/b25-24-/t21-,22?,23-/m0/s1. The summed E-state index contributed by atoms with van der Waals surface area (Å²) in [7, 11) is 0. The Labute approximate surface area is 156 Å². The zero-order valence-electron chi connectivity index (χ0n) is 15.3. The summed E-state index contributed by atoms with van der Waals surface area (Å²) in [6.45, 7) is 4.84. The second-order valence-electron chi connectivity index (χ2n) is 7.86. The minimum absolute atomic E-state index is 0.474. The first-order valence-corrected chi connectivity index (χ1v) is 9.71. The molecule has 2 aliphatic carbocycles. The molecule has 2 saturated carbocycles. The smallest absolute Gasteiger partial charge is 0.142 e. The van der Waals surface area contributed by atoms with E-state index < -0.39 is 0 Å². The molecule has 0 amide bonds. The highest BCUT2D eigenvalue weighted by Crippen LogP contribution is 2.44. The average Bonchev–Trinajstić information content (AvgIpc) is 2.66. The van der Waals surface area contributed by atoms with Gasteiger partial charge < -0.3 is 4.84 Å². The van der Waals surface area contributed by atoms with Gasteiger partial charge in [-0.15, -0.1) is 0 Å². The molecule has 0 radical (unpaired) electrons. The second kappa shape index (κ2) is 7.90. The molecule has 1 unspecified atom stereocenters. The van der Waals surface area contributed by atoms with Crippen LogP contribution >= 0.6 is 0 Å². The van der Waals surface area contributed by atoms with Crippen LogP contribution < -0.4 is 0 Å².